The van der Waals surface area contributed by atoms with Crippen molar-refractivity contribution in [1.29, 1.82) is 0 Å². The van der Waals surface area contributed by atoms with Crippen molar-refractivity contribution in [2.45, 2.75) is 47.0 Å². The molecule has 0 fully saturated rings. The molecule has 0 saturated carbocycles. The molecule has 0 spiro atoms. The zero-order valence-corrected chi connectivity index (χ0v) is 18.8. The monoisotopic (exact) mass is 382 g/mol. The van der Waals surface area contributed by atoms with Crippen molar-refractivity contribution in [1.82, 2.24) is 0 Å². The third-order valence-corrected chi connectivity index (χ3v) is 5.44. The van der Waals surface area contributed by atoms with Crippen LogP contribution in [0.4, 0.5) is 0 Å². The molecule has 0 heterocycles. The molecule has 0 amide bonds. The molecule has 4 rings (SSSR count). The van der Waals surface area contributed by atoms with Gasteiger partial charge < -0.3 is 0 Å². The summed E-state index contributed by atoms with van der Waals surface area (Å²) < 4.78 is 0. The van der Waals surface area contributed by atoms with Gasteiger partial charge in [-0.25, -0.2) is 0 Å². The number of hydrogen-bond donors (Lipinski definition) is 0. The summed E-state index contributed by atoms with van der Waals surface area (Å²) >= 11 is 0. The second kappa shape index (κ2) is 9.56. The van der Waals surface area contributed by atoms with Crippen LogP contribution >= 0.6 is 0 Å². The maximum Gasteiger partial charge on any atom is 0.0161 e. The summed E-state index contributed by atoms with van der Waals surface area (Å²) in [6.45, 7) is 20.1. The Morgan fingerprint density at radius 2 is 1.38 bits per heavy atom. The molecule has 0 aromatic heterocycles. The highest BCUT2D eigenvalue weighted by atomic mass is 14.4. The van der Waals surface area contributed by atoms with E-state index in [4.69, 9.17) is 0 Å². The van der Waals surface area contributed by atoms with Gasteiger partial charge in [-0.1, -0.05) is 101 Å². The van der Waals surface area contributed by atoms with E-state index >= 15 is 0 Å². The van der Waals surface area contributed by atoms with Gasteiger partial charge in [0.25, 0.3) is 0 Å². The van der Waals surface area contributed by atoms with Crippen LogP contribution in [-0.2, 0) is 5.41 Å². The maximum atomic E-state index is 4.06. The standard InChI is InChI=1S/C24H22.C3H6.C2H6/c1-5-22-16(2)20-11-8-12-21(23(20)24(22,3)4)19-14-13-17-9-6-7-10-18(17)15-19;1-3-2;1-2/h5-15H,1H2,2-4H3;3H,1H2,2H3;1-2H3. The second-order valence-corrected chi connectivity index (χ2v) is 7.57. The lowest BCUT2D eigenvalue weighted by molar-refractivity contribution is 0.656. The van der Waals surface area contributed by atoms with Crippen LogP contribution < -0.4 is 0 Å². The summed E-state index contributed by atoms with van der Waals surface area (Å²) in [5, 5.41) is 2.58. The van der Waals surface area contributed by atoms with Crippen LogP contribution in [0.25, 0.3) is 27.5 Å². The first-order valence-electron chi connectivity index (χ1n) is 10.5. The topological polar surface area (TPSA) is 0 Å². The van der Waals surface area contributed by atoms with Crippen LogP contribution in [-0.4, -0.2) is 0 Å². The van der Waals surface area contributed by atoms with Gasteiger partial charge in [-0.15, -0.1) is 6.58 Å². The number of rotatable bonds is 2. The minimum absolute atomic E-state index is 0.0105. The van der Waals surface area contributed by atoms with Crippen LogP contribution in [0.1, 0.15) is 52.7 Å². The lowest BCUT2D eigenvalue weighted by Gasteiger charge is -2.26. The van der Waals surface area contributed by atoms with Gasteiger partial charge in [0.1, 0.15) is 0 Å². The molecule has 1 aliphatic carbocycles. The molecule has 0 bridgehead atoms. The van der Waals surface area contributed by atoms with Gasteiger partial charge in [0.05, 0.1) is 0 Å². The fourth-order valence-corrected chi connectivity index (χ4v) is 4.29. The van der Waals surface area contributed by atoms with Crippen LogP contribution in [0.5, 0.6) is 0 Å². The SMILES string of the molecule is C=CC.C=CC1=C(C)c2cccc(-c3ccc4ccccc4c3)c2C1(C)C.CC. The molecule has 0 heteroatoms. The zero-order valence-electron chi connectivity index (χ0n) is 18.8. The van der Waals surface area contributed by atoms with E-state index in [1.165, 1.54) is 44.2 Å². The van der Waals surface area contributed by atoms with E-state index in [9.17, 15) is 0 Å². The Morgan fingerprint density at radius 3 is 2.00 bits per heavy atom. The Bertz CT molecular complexity index is 1040. The van der Waals surface area contributed by atoms with E-state index in [1.807, 2.05) is 26.8 Å². The highest BCUT2D eigenvalue weighted by molar-refractivity contribution is 5.91. The van der Waals surface area contributed by atoms with Crippen molar-refractivity contribution in [3.05, 3.63) is 103 Å². The lowest BCUT2D eigenvalue weighted by atomic mass is 9.77. The quantitative estimate of drug-likeness (QED) is 0.388. The Morgan fingerprint density at radius 1 is 0.793 bits per heavy atom. The molecule has 1 aliphatic rings. The van der Waals surface area contributed by atoms with Gasteiger partial charge in [-0.05, 0) is 64.1 Å². The van der Waals surface area contributed by atoms with E-state index in [1.54, 1.807) is 6.08 Å². The van der Waals surface area contributed by atoms with Gasteiger partial charge >= 0.3 is 0 Å². The molecule has 0 nitrogen and oxygen atoms in total. The van der Waals surface area contributed by atoms with Gasteiger partial charge in [0.2, 0.25) is 0 Å². The minimum atomic E-state index is -0.0105. The number of benzene rings is 3. The highest BCUT2D eigenvalue weighted by Crippen LogP contribution is 2.50. The third kappa shape index (κ3) is 4.12. The van der Waals surface area contributed by atoms with Gasteiger partial charge in [-0.2, -0.15) is 0 Å². The van der Waals surface area contributed by atoms with Crippen LogP contribution in [0, 0.1) is 0 Å². The van der Waals surface area contributed by atoms with Crippen molar-refractivity contribution in [2.75, 3.05) is 0 Å². The molecule has 0 aliphatic heterocycles. The largest absolute Gasteiger partial charge is 0.103 e. The molecular formula is C29H34. The first kappa shape index (κ1) is 22.4. The Kier molecular flexibility index (Phi) is 7.40. The average Bonchev–Trinajstić information content (AvgIpc) is 2.95. The van der Waals surface area contributed by atoms with E-state index in [0.29, 0.717) is 0 Å². The first-order valence-corrected chi connectivity index (χ1v) is 10.5. The van der Waals surface area contributed by atoms with E-state index in [2.05, 4.69) is 94.6 Å². The molecule has 150 valence electrons. The molecule has 0 unspecified atom stereocenters. The second-order valence-electron chi connectivity index (χ2n) is 7.57. The Balaban J connectivity index is 0.000000551. The molecule has 29 heavy (non-hydrogen) atoms. The first-order chi connectivity index (χ1) is 14.0. The molecule has 0 saturated heterocycles. The average molecular weight is 383 g/mol. The zero-order chi connectivity index (χ0) is 21.6. The molecule has 0 atom stereocenters. The fourth-order valence-electron chi connectivity index (χ4n) is 4.29. The summed E-state index contributed by atoms with van der Waals surface area (Å²) in [6, 6.07) is 22.0. The number of hydrogen-bond acceptors (Lipinski definition) is 0. The predicted octanol–water partition coefficient (Wildman–Crippen LogP) is 8.98. The van der Waals surface area contributed by atoms with Crippen molar-refractivity contribution in [3.63, 3.8) is 0 Å². The molecule has 3 aromatic rings. The van der Waals surface area contributed by atoms with Crippen molar-refractivity contribution in [3.8, 4) is 11.1 Å². The number of allylic oxidation sites excluding steroid dienone is 4. The van der Waals surface area contributed by atoms with E-state index in [-0.39, 0.29) is 5.41 Å². The van der Waals surface area contributed by atoms with Crippen LogP contribution in [0.2, 0.25) is 0 Å². The van der Waals surface area contributed by atoms with Gasteiger partial charge in [-0.3, -0.25) is 0 Å². The number of fused-ring (bicyclic) bond motifs is 2. The van der Waals surface area contributed by atoms with Crippen LogP contribution in [0.15, 0.2) is 91.5 Å². The Labute approximate surface area is 177 Å². The molecule has 3 aromatic carbocycles. The Hall–Kier alpha value is -2.86. The summed E-state index contributed by atoms with van der Waals surface area (Å²) in [5.74, 6) is 0. The smallest absolute Gasteiger partial charge is 0.0161 e. The van der Waals surface area contributed by atoms with Crippen LogP contribution in [0.3, 0.4) is 0 Å². The molecule has 0 N–H and O–H groups in total. The van der Waals surface area contributed by atoms with Crippen molar-refractivity contribution in [2.24, 2.45) is 0 Å². The molecule has 0 radical (unpaired) electrons. The predicted molar refractivity (Wildman–Crippen MR) is 132 cm³/mol. The summed E-state index contributed by atoms with van der Waals surface area (Å²) in [6.07, 6.45) is 3.78. The highest BCUT2D eigenvalue weighted by Gasteiger charge is 2.36. The summed E-state index contributed by atoms with van der Waals surface area (Å²) in [4.78, 5) is 0. The van der Waals surface area contributed by atoms with Gasteiger partial charge in [0, 0.05) is 5.41 Å². The van der Waals surface area contributed by atoms with Crippen molar-refractivity contribution < 1.29 is 0 Å². The molecular weight excluding hydrogens is 348 g/mol. The van der Waals surface area contributed by atoms with Crippen molar-refractivity contribution >= 4 is 16.3 Å². The van der Waals surface area contributed by atoms with Gasteiger partial charge in [0.15, 0.2) is 0 Å². The lowest BCUT2D eigenvalue weighted by Crippen LogP contribution is -2.17. The summed E-state index contributed by atoms with van der Waals surface area (Å²) in [7, 11) is 0. The minimum Gasteiger partial charge on any atom is -0.103 e. The third-order valence-electron chi connectivity index (χ3n) is 5.44. The maximum absolute atomic E-state index is 4.06. The fraction of sp³-hybridized carbons (Fsp3) is 0.241. The summed E-state index contributed by atoms with van der Waals surface area (Å²) in [5.41, 5.74) is 8.09. The van der Waals surface area contributed by atoms with E-state index < -0.39 is 0 Å². The van der Waals surface area contributed by atoms with E-state index in [0.717, 1.165) is 0 Å². The normalized spacial score (nSPS) is 13.6.